The summed E-state index contributed by atoms with van der Waals surface area (Å²) in [5.41, 5.74) is 11.6. The van der Waals surface area contributed by atoms with Gasteiger partial charge in [-0.1, -0.05) is 30.4 Å². The minimum atomic E-state index is -1.50. The maximum atomic E-state index is 8.69. The van der Waals surface area contributed by atoms with Crippen molar-refractivity contribution >= 4 is 11.8 Å². The maximum absolute atomic E-state index is 8.69. The van der Waals surface area contributed by atoms with Gasteiger partial charge in [-0.3, -0.25) is 0 Å². The molecule has 0 heterocycles. The predicted octanol–water partition coefficient (Wildman–Crippen LogP) is 1.77. The second-order valence-electron chi connectivity index (χ2n) is 2.98. The van der Waals surface area contributed by atoms with Gasteiger partial charge in [0.25, 0.3) is 5.09 Å². The number of benzene rings is 1. The Morgan fingerprint density at radius 3 is 2.69 bits per heavy atom. The highest BCUT2D eigenvalue weighted by Gasteiger charge is 2.16. The Morgan fingerprint density at radius 2 is 2.06 bits per heavy atom. The Kier molecular flexibility index (Phi) is 3.94. The van der Waals surface area contributed by atoms with E-state index < -0.39 is 5.09 Å². The highest BCUT2D eigenvalue weighted by Crippen LogP contribution is 2.17. The van der Waals surface area contributed by atoms with Crippen LogP contribution in [0.15, 0.2) is 30.3 Å². The molecule has 0 spiro atoms. The summed E-state index contributed by atoms with van der Waals surface area (Å²) in [6.07, 6.45) is 4.76. The average Bonchev–Trinajstić information content (AvgIpc) is 2.27. The summed E-state index contributed by atoms with van der Waals surface area (Å²) in [7, 11) is 0. The van der Waals surface area contributed by atoms with Crippen LogP contribution in [0.25, 0.3) is 11.6 Å². The third-order valence-corrected chi connectivity index (χ3v) is 2.00. The lowest BCUT2D eigenvalue weighted by atomic mass is 9.96. The molecule has 0 amide bonds. The topological polar surface area (TPSA) is 99.8 Å². The number of fused-ring (bicyclic) bond motifs is 1. The van der Waals surface area contributed by atoms with Crippen LogP contribution in [0, 0.1) is 10.1 Å². The predicted molar refractivity (Wildman–Crippen MR) is 56.6 cm³/mol. The van der Waals surface area contributed by atoms with Crippen molar-refractivity contribution in [3.63, 3.8) is 0 Å². The first-order chi connectivity index (χ1) is 7.65. The molecule has 1 aliphatic rings. The van der Waals surface area contributed by atoms with E-state index in [2.05, 4.69) is 4.79 Å². The van der Waals surface area contributed by atoms with Crippen molar-refractivity contribution in [2.75, 3.05) is 0 Å². The molecule has 1 N–H and O–H groups in total. The lowest BCUT2D eigenvalue weighted by Gasteiger charge is -2.04. The monoisotopic (exact) mass is 219 g/mol. The van der Waals surface area contributed by atoms with Crippen molar-refractivity contribution in [1.29, 1.82) is 0 Å². The van der Waals surface area contributed by atoms with Crippen LogP contribution in [0.5, 0.6) is 0 Å². The Hall–Kier alpha value is -2.46. The van der Waals surface area contributed by atoms with E-state index in [4.69, 9.17) is 20.9 Å². The van der Waals surface area contributed by atoms with Gasteiger partial charge >= 0.3 is 5.71 Å². The minimum Gasteiger partial charge on any atom is -0.361 e. The van der Waals surface area contributed by atoms with E-state index in [1.807, 2.05) is 36.4 Å². The van der Waals surface area contributed by atoms with Crippen LogP contribution in [-0.2, 0) is 0 Å². The van der Waals surface area contributed by atoms with Gasteiger partial charge in [-0.25, -0.2) is 0 Å². The highest BCUT2D eigenvalue weighted by molar-refractivity contribution is 6.02. The standard InChI is InChI=1S/C10H8N2.HNO3/c11-12-10-7-3-5-8-4-1-2-6-9(8)10;2-1(3)4/h1-6H,7H2;(H,2,3,4). The molecule has 0 bridgehead atoms. The van der Waals surface area contributed by atoms with Crippen LogP contribution in [0.2, 0.25) is 0 Å². The minimum absolute atomic E-state index is 0.716. The van der Waals surface area contributed by atoms with Gasteiger partial charge in [-0.05, 0) is 11.6 Å². The molecule has 82 valence electrons. The highest BCUT2D eigenvalue weighted by atomic mass is 16.9. The third-order valence-electron chi connectivity index (χ3n) is 2.00. The first kappa shape index (κ1) is 11.6. The zero-order chi connectivity index (χ0) is 12.0. The van der Waals surface area contributed by atoms with Crippen molar-refractivity contribution in [1.82, 2.24) is 0 Å². The molecule has 16 heavy (non-hydrogen) atoms. The number of hydrogen-bond donors (Lipinski definition) is 1. The van der Waals surface area contributed by atoms with Crippen molar-refractivity contribution in [2.24, 2.45) is 0 Å². The van der Waals surface area contributed by atoms with E-state index in [1.54, 1.807) is 0 Å². The van der Waals surface area contributed by atoms with E-state index in [1.165, 1.54) is 0 Å². The van der Waals surface area contributed by atoms with Crippen LogP contribution >= 0.6 is 0 Å². The Labute approximate surface area is 91.2 Å². The summed E-state index contributed by atoms with van der Waals surface area (Å²) in [4.78, 5) is 11.6. The molecule has 0 atom stereocenters. The van der Waals surface area contributed by atoms with Crippen LogP contribution in [0.3, 0.4) is 0 Å². The molecule has 0 radical (unpaired) electrons. The SMILES string of the molecule is O=[N+]([O-])O.[N-]=[N+]=C1CC=Cc2ccccc21. The van der Waals surface area contributed by atoms with Gasteiger partial charge in [0.15, 0.2) is 0 Å². The molecule has 0 aliphatic heterocycles. The first-order valence-electron chi connectivity index (χ1n) is 4.45. The molecule has 0 aromatic heterocycles. The summed E-state index contributed by atoms with van der Waals surface area (Å²) >= 11 is 0. The molecule has 6 heteroatoms. The molecule has 2 rings (SSSR count). The van der Waals surface area contributed by atoms with Crippen LogP contribution in [0.4, 0.5) is 0 Å². The molecular formula is C10H9N3O3. The van der Waals surface area contributed by atoms with E-state index in [-0.39, 0.29) is 0 Å². The molecule has 6 nitrogen and oxygen atoms in total. The molecule has 1 aromatic carbocycles. The molecule has 0 saturated heterocycles. The molecule has 1 aromatic rings. The maximum Gasteiger partial charge on any atom is 0.303 e. The fourth-order valence-electron chi connectivity index (χ4n) is 1.41. The van der Waals surface area contributed by atoms with E-state index in [9.17, 15) is 0 Å². The average molecular weight is 219 g/mol. The van der Waals surface area contributed by atoms with Gasteiger partial charge in [-0.2, -0.15) is 4.79 Å². The molecule has 1 aliphatic carbocycles. The van der Waals surface area contributed by atoms with Crippen molar-refractivity contribution in [2.45, 2.75) is 6.42 Å². The van der Waals surface area contributed by atoms with Gasteiger partial charge in [-0.15, -0.1) is 10.1 Å². The van der Waals surface area contributed by atoms with Crippen molar-refractivity contribution in [3.8, 4) is 0 Å². The fraction of sp³-hybridized carbons (Fsp3) is 0.100. The van der Waals surface area contributed by atoms with Gasteiger partial charge in [0.05, 0.1) is 12.0 Å². The largest absolute Gasteiger partial charge is 0.361 e. The number of nitrogens with zero attached hydrogens (tertiary/aromatic N) is 3. The van der Waals surface area contributed by atoms with Gasteiger partial charge in [0, 0.05) is 0 Å². The summed E-state index contributed by atoms with van der Waals surface area (Å²) in [5, 5.41) is 13.6. The van der Waals surface area contributed by atoms with Crippen molar-refractivity contribution < 1.29 is 15.1 Å². The van der Waals surface area contributed by atoms with Crippen molar-refractivity contribution in [3.05, 3.63) is 57.1 Å². The fourth-order valence-corrected chi connectivity index (χ4v) is 1.41. The molecule has 0 unspecified atom stereocenters. The zero-order valence-corrected chi connectivity index (χ0v) is 8.28. The normalized spacial score (nSPS) is 11.9. The van der Waals surface area contributed by atoms with Gasteiger partial charge < -0.3 is 10.7 Å². The van der Waals surface area contributed by atoms with Crippen LogP contribution in [-0.4, -0.2) is 20.8 Å². The number of allylic oxidation sites excluding steroid dienone is 1. The molecular weight excluding hydrogens is 210 g/mol. The lowest BCUT2D eigenvalue weighted by Crippen LogP contribution is -2.06. The lowest BCUT2D eigenvalue weighted by molar-refractivity contribution is -0.742. The number of hydrogen-bond acceptors (Lipinski definition) is 2. The van der Waals surface area contributed by atoms with Crippen LogP contribution in [0.1, 0.15) is 17.5 Å². The zero-order valence-electron chi connectivity index (χ0n) is 8.28. The quantitative estimate of drug-likeness (QED) is 0.311. The number of rotatable bonds is 0. The van der Waals surface area contributed by atoms with Gasteiger partial charge in [0.1, 0.15) is 0 Å². The summed E-state index contributed by atoms with van der Waals surface area (Å²) in [6, 6.07) is 7.90. The second kappa shape index (κ2) is 5.43. The van der Waals surface area contributed by atoms with E-state index in [0.29, 0.717) is 6.42 Å². The Morgan fingerprint density at radius 1 is 1.44 bits per heavy atom. The second-order valence-corrected chi connectivity index (χ2v) is 2.98. The Bertz CT molecular complexity index is 472. The van der Waals surface area contributed by atoms with Gasteiger partial charge in [0.2, 0.25) is 0 Å². The summed E-state index contributed by atoms with van der Waals surface area (Å²) < 4.78 is 0. The smallest absolute Gasteiger partial charge is 0.303 e. The molecule has 0 saturated carbocycles. The van der Waals surface area contributed by atoms with E-state index in [0.717, 1.165) is 16.8 Å². The Balaban J connectivity index is 0.000000280. The van der Waals surface area contributed by atoms with E-state index >= 15 is 0 Å². The van der Waals surface area contributed by atoms with Crippen LogP contribution < -0.4 is 0 Å². The molecule has 0 fully saturated rings. The summed E-state index contributed by atoms with van der Waals surface area (Å²) in [5.74, 6) is 0. The summed E-state index contributed by atoms with van der Waals surface area (Å²) in [6.45, 7) is 0. The third kappa shape index (κ3) is 3.04. The first-order valence-corrected chi connectivity index (χ1v) is 4.45.